The van der Waals surface area contributed by atoms with Gasteiger partial charge in [0.25, 0.3) is 0 Å². The van der Waals surface area contributed by atoms with Gasteiger partial charge in [0.2, 0.25) is 11.8 Å². The topological polar surface area (TPSA) is 67.2 Å². The fourth-order valence-corrected chi connectivity index (χ4v) is 5.38. The van der Waals surface area contributed by atoms with Crippen molar-refractivity contribution in [1.29, 1.82) is 0 Å². The summed E-state index contributed by atoms with van der Waals surface area (Å²) in [6.07, 6.45) is 8.99. The van der Waals surface area contributed by atoms with Gasteiger partial charge in [0.15, 0.2) is 0 Å². The normalized spacial score (nSPS) is 23.6. The second-order valence-corrected chi connectivity index (χ2v) is 9.19. The second kappa shape index (κ2) is 8.42. The molecular weight excluding hydrogens is 400 g/mol. The van der Waals surface area contributed by atoms with Crippen LogP contribution >= 0.6 is 11.6 Å². The van der Waals surface area contributed by atoms with Crippen LogP contribution in [0.2, 0.25) is 5.02 Å². The summed E-state index contributed by atoms with van der Waals surface area (Å²) in [6, 6.07) is 7.74. The van der Waals surface area contributed by atoms with Crippen LogP contribution < -0.4 is 5.32 Å². The summed E-state index contributed by atoms with van der Waals surface area (Å²) < 4.78 is 1.71. The first-order valence-corrected chi connectivity index (χ1v) is 11.1. The third kappa shape index (κ3) is 3.97. The van der Waals surface area contributed by atoms with E-state index in [0.717, 1.165) is 36.3 Å². The van der Waals surface area contributed by atoms with E-state index in [9.17, 15) is 9.59 Å². The van der Waals surface area contributed by atoms with Crippen LogP contribution in [-0.4, -0.2) is 40.1 Å². The lowest BCUT2D eigenvalue weighted by atomic mass is 9.78. The van der Waals surface area contributed by atoms with Gasteiger partial charge in [-0.1, -0.05) is 36.6 Å². The van der Waals surface area contributed by atoms with E-state index in [1.807, 2.05) is 31.4 Å². The maximum Gasteiger partial charge on any atom is 0.225 e. The number of aromatic nitrogens is 2. The number of amides is 2. The van der Waals surface area contributed by atoms with Crippen molar-refractivity contribution >= 4 is 23.4 Å². The van der Waals surface area contributed by atoms with Crippen molar-refractivity contribution in [3.05, 3.63) is 52.8 Å². The molecule has 1 N–H and O–H groups in total. The highest BCUT2D eigenvalue weighted by Gasteiger charge is 2.41. The Morgan fingerprint density at radius 1 is 1.30 bits per heavy atom. The number of nitrogens with zero attached hydrogens (tertiary/aromatic N) is 3. The van der Waals surface area contributed by atoms with Gasteiger partial charge in [0, 0.05) is 49.3 Å². The van der Waals surface area contributed by atoms with Crippen LogP contribution in [0.3, 0.4) is 0 Å². The van der Waals surface area contributed by atoms with Crippen molar-refractivity contribution in [3.8, 4) is 0 Å². The SMILES string of the molecule is CN1C(=O)CC[C@@H](C(=O)NCC2(c3cccc(Cl)c3)CCCC2)[C@H]1c1cnn(C)c1. The molecule has 0 bridgehead atoms. The monoisotopic (exact) mass is 428 g/mol. The predicted molar refractivity (Wildman–Crippen MR) is 116 cm³/mol. The van der Waals surface area contributed by atoms with E-state index in [-0.39, 0.29) is 29.2 Å². The first kappa shape index (κ1) is 20.9. The minimum absolute atomic E-state index is 0.0107. The molecule has 1 saturated heterocycles. The maximum absolute atomic E-state index is 13.3. The first-order chi connectivity index (χ1) is 14.4. The van der Waals surface area contributed by atoms with E-state index in [4.69, 9.17) is 11.6 Å². The van der Waals surface area contributed by atoms with E-state index in [1.165, 1.54) is 5.56 Å². The van der Waals surface area contributed by atoms with Crippen LogP contribution in [0.15, 0.2) is 36.7 Å². The van der Waals surface area contributed by atoms with Gasteiger partial charge in [-0.25, -0.2) is 0 Å². The Hall–Kier alpha value is -2.34. The Bertz CT molecular complexity index is 935. The number of halogens is 1. The minimum atomic E-state index is -0.286. The molecule has 0 radical (unpaired) electrons. The number of benzene rings is 1. The summed E-state index contributed by atoms with van der Waals surface area (Å²) in [5.74, 6) is -0.203. The maximum atomic E-state index is 13.3. The summed E-state index contributed by atoms with van der Waals surface area (Å²) in [7, 11) is 3.63. The molecule has 1 aromatic heterocycles. The molecule has 160 valence electrons. The van der Waals surface area contributed by atoms with Crippen molar-refractivity contribution in [1.82, 2.24) is 20.0 Å². The Morgan fingerprint density at radius 2 is 2.07 bits per heavy atom. The van der Waals surface area contributed by atoms with E-state index >= 15 is 0 Å². The zero-order valence-electron chi connectivity index (χ0n) is 17.6. The fraction of sp³-hybridized carbons (Fsp3) is 0.522. The number of likely N-dealkylation sites (tertiary alicyclic amines) is 1. The summed E-state index contributed by atoms with van der Waals surface area (Å²) in [5.41, 5.74) is 2.03. The van der Waals surface area contributed by atoms with Gasteiger partial charge in [0.1, 0.15) is 0 Å². The van der Waals surface area contributed by atoms with Crippen molar-refractivity contribution in [3.63, 3.8) is 0 Å². The van der Waals surface area contributed by atoms with E-state index in [1.54, 1.807) is 22.8 Å². The molecule has 2 atom stereocenters. The van der Waals surface area contributed by atoms with Crippen LogP contribution in [0, 0.1) is 5.92 Å². The molecule has 1 saturated carbocycles. The molecule has 2 aliphatic rings. The van der Waals surface area contributed by atoms with Gasteiger partial charge >= 0.3 is 0 Å². The molecule has 7 heteroatoms. The van der Waals surface area contributed by atoms with E-state index in [0.29, 0.717) is 19.4 Å². The summed E-state index contributed by atoms with van der Waals surface area (Å²) in [5, 5.41) is 8.23. The van der Waals surface area contributed by atoms with Gasteiger partial charge in [-0.05, 0) is 37.0 Å². The number of hydrogen-bond donors (Lipinski definition) is 1. The highest BCUT2D eigenvalue weighted by molar-refractivity contribution is 6.30. The molecule has 1 aliphatic carbocycles. The molecule has 4 rings (SSSR count). The number of rotatable bonds is 5. The van der Waals surface area contributed by atoms with Crippen molar-refractivity contribution in [2.75, 3.05) is 13.6 Å². The zero-order chi connectivity index (χ0) is 21.3. The average Bonchev–Trinajstić information content (AvgIpc) is 3.38. The number of hydrogen-bond acceptors (Lipinski definition) is 3. The Labute approximate surface area is 182 Å². The molecular formula is C23H29ClN4O2. The lowest BCUT2D eigenvalue weighted by molar-refractivity contribution is -0.141. The summed E-state index contributed by atoms with van der Waals surface area (Å²) >= 11 is 6.26. The molecule has 2 amide bonds. The van der Waals surface area contributed by atoms with Gasteiger partial charge in [-0.3, -0.25) is 14.3 Å². The van der Waals surface area contributed by atoms with Gasteiger partial charge in [-0.2, -0.15) is 5.10 Å². The largest absolute Gasteiger partial charge is 0.355 e. The predicted octanol–water partition coefficient (Wildman–Crippen LogP) is 3.61. The van der Waals surface area contributed by atoms with Gasteiger partial charge < -0.3 is 10.2 Å². The molecule has 30 heavy (non-hydrogen) atoms. The van der Waals surface area contributed by atoms with E-state index < -0.39 is 0 Å². The van der Waals surface area contributed by atoms with Crippen LogP contribution in [0.4, 0.5) is 0 Å². The Morgan fingerprint density at radius 3 is 2.73 bits per heavy atom. The van der Waals surface area contributed by atoms with E-state index in [2.05, 4.69) is 16.5 Å². The Balaban J connectivity index is 1.53. The average molecular weight is 429 g/mol. The summed E-state index contributed by atoms with van der Waals surface area (Å²) in [4.78, 5) is 27.4. The number of piperidine rings is 1. The van der Waals surface area contributed by atoms with Crippen LogP contribution in [0.5, 0.6) is 0 Å². The molecule has 6 nitrogen and oxygen atoms in total. The lowest BCUT2D eigenvalue weighted by Gasteiger charge is -2.38. The zero-order valence-corrected chi connectivity index (χ0v) is 18.4. The third-order valence-electron chi connectivity index (χ3n) is 6.86. The van der Waals surface area contributed by atoms with Crippen LogP contribution in [0.25, 0.3) is 0 Å². The van der Waals surface area contributed by atoms with Gasteiger partial charge in [0.05, 0.1) is 18.2 Å². The first-order valence-electron chi connectivity index (χ1n) is 10.7. The number of aryl methyl sites for hydroxylation is 1. The lowest BCUT2D eigenvalue weighted by Crippen LogP contribution is -2.48. The molecule has 2 aromatic rings. The van der Waals surface area contributed by atoms with Crippen molar-refractivity contribution < 1.29 is 9.59 Å². The number of nitrogens with one attached hydrogen (secondary N) is 1. The highest BCUT2D eigenvalue weighted by atomic mass is 35.5. The molecule has 0 spiro atoms. The number of carbonyl (C=O) groups is 2. The fourth-order valence-electron chi connectivity index (χ4n) is 5.19. The standard InChI is InChI=1S/C23H29ClN4O2/c1-27-14-16(13-26-27)21-19(8-9-20(29)28(21)2)22(30)25-15-23(10-3-4-11-23)17-6-5-7-18(24)12-17/h5-7,12-14,19,21H,3-4,8-11,15H2,1-2H3,(H,25,30)/t19-,21-/m1/s1. The third-order valence-corrected chi connectivity index (χ3v) is 7.10. The van der Waals surface area contributed by atoms with Crippen LogP contribution in [-0.2, 0) is 22.1 Å². The summed E-state index contributed by atoms with van der Waals surface area (Å²) in [6.45, 7) is 0.597. The smallest absolute Gasteiger partial charge is 0.225 e. The Kier molecular flexibility index (Phi) is 5.87. The van der Waals surface area contributed by atoms with Gasteiger partial charge in [-0.15, -0.1) is 0 Å². The highest BCUT2D eigenvalue weighted by Crippen LogP contribution is 2.42. The molecule has 2 fully saturated rings. The minimum Gasteiger partial charge on any atom is -0.355 e. The van der Waals surface area contributed by atoms with Crippen molar-refractivity contribution in [2.24, 2.45) is 13.0 Å². The second-order valence-electron chi connectivity index (χ2n) is 8.76. The number of carbonyl (C=O) groups excluding carboxylic acids is 2. The van der Waals surface area contributed by atoms with Crippen LogP contribution in [0.1, 0.15) is 55.7 Å². The molecule has 1 aromatic carbocycles. The van der Waals surface area contributed by atoms with Crippen molar-refractivity contribution in [2.45, 2.75) is 50.0 Å². The quantitative estimate of drug-likeness (QED) is 0.791. The molecule has 1 aliphatic heterocycles. The molecule has 0 unspecified atom stereocenters. The molecule has 2 heterocycles.